The van der Waals surface area contributed by atoms with Gasteiger partial charge >= 0.3 is 0 Å². The fraction of sp³-hybridized carbons (Fsp3) is 0.222. The molecule has 0 saturated carbocycles. The van der Waals surface area contributed by atoms with Crippen molar-refractivity contribution in [3.05, 3.63) is 59.7 Å². The van der Waals surface area contributed by atoms with Gasteiger partial charge in [0.25, 0.3) is 5.91 Å². The predicted octanol–water partition coefficient (Wildman–Crippen LogP) is 2.16. The molecular weight excluding hydrogens is 306 g/mol. The quantitative estimate of drug-likeness (QED) is 0.607. The van der Waals surface area contributed by atoms with Gasteiger partial charge in [-0.3, -0.25) is 9.59 Å². The standard InChI is InChI=1S/C18H19N3O3/c1-12-14(13-5-2-3-6-15(13)21-12)11-17(22)19-8-9-20-18(23)16-7-4-10-24-16/h2-7,10,21H,8-9,11H2,1H3,(H,19,22)(H,20,23). The van der Waals surface area contributed by atoms with Crippen molar-refractivity contribution < 1.29 is 14.0 Å². The van der Waals surface area contributed by atoms with Crippen molar-refractivity contribution in [1.82, 2.24) is 15.6 Å². The highest BCUT2D eigenvalue weighted by Gasteiger charge is 2.12. The lowest BCUT2D eigenvalue weighted by Gasteiger charge is -2.06. The maximum atomic E-state index is 12.1. The Morgan fingerprint density at radius 2 is 1.88 bits per heavy atom. The first kappa shape index (κ1) is 15.9. The van der Waals surface area contributed by atoms with Crippen molar-refractivity contribution in [1.29, 1.82) is 0 Å². The molecule has 2 heterocycles. The van der Waals surface area contributed by atoms with Gasteiger partial charge in [0.1, 0.15) is 0 Å². The van der Waals surface area contributed by atoms with Crippen LogP contribution in [0, 0.1) is 6.92 Å². The molecule has 3 N–H and O–H groups in total. The summed E-state index contributed by atoms with van der Waals surface area (Å²) in [5.41, 5.74) is 3.03. The maximum Gasteiger partial charge on any atom is 0.287 e. The fourth-order valence-corrected chi connectivity index (χ4v) is 2.66. The number of hydrogen-bond acceptors (Lipinski definition) is 3. The molecule has 0 fully saturated rings. The molecule has 2 aromatic heterocycles. The van der Waals surface area contributed by atoms with E-state index in [1.807, 2.05) is 31.2 Å². The normalized spacial score (nSPS) is 10.7. The Morgan fingerprint density at radius 1 is 1.08 bits per heavy atom. The molecule has 6 nitrogen and oxygen atoms in total. The number of fused-ring (bicyclic) bond motifs is 1. The highest BCUT2D eigenvalue weighted by Crippen LogP contribution is 2.22. The fourth-order valence-electron chi connectivity index (χ4n) is 2.66. The van der Waals surface area contributed by atoms with Crippen LogP contribution in [0.4, 0.5) is 0 Å². The molecule has 0 bridgehead atoms. The maximum absolute atomic E-state index is 12.1. The zero-order chi connectivity index (χ0) is 16.9. The third-order valence-electron chi connectivity index (χ3n) is 3.84. The summed E-state index contributed by atoms with van der Waals surface area (Å²) in [7, 11) is 0. The average molecular weight is 325 g/mol. The first-order valence-electron chi connectivity index (χ1n) is 7.79. The molecule has 0 aliphatic carbocycles. The third kappa shape index (κ3) is 3.48. The van der Waals surface area contributed by atoms with Crippen LogP contribution in [-0.4, -0.2) is 29.9 Å². The van der Waals surface area contributed by atoms with Crippen LogP contribution in [0.25, 0.3) is 10.9 Å². The molecule has 0 atom stereocenters. The summed E-state index contributed by atoms with van der Waals surface area (Å²) in [6.07, 6.45) is 1.75. The molecule has 24 heavy (non-hydrogen) atoms. The van der Waals surface area contributed by atoms with Gasteiger partial charge in [-0.15, -0.1) is 0 Å². The minimum atomic E-state index is -0.290. The van der Waals surface area contributed by atoms with E-state index < -0.39 is 0 Å². The number of para-hydroxylation sites is 1. The Hall–Kier alpha value is -3.02. The number of nitrogens with one attached hydrogen (secondary N) is 3. The van der Waals surface area contributed by atoms with Crippen molar-refractivity contribution in [2.24, 2.45) is 0 Å². The molecule has 0 saturated heterocycles. The number of H-pyrrole nitrogens is 1. The molecule has 0 aliphatic heterocycles. The molecule has 0 radical (unpaired) electrons. The number of aromatic amines is 1. The van der Waals surface area contributed by atoms with Crippen LogP contribution in [0.15, 0.2) is 47.1 Å². The lowest BCUT2D eigenvalue weighted by Crippen LogP contribution is -2.35. The topological polar surface area (TPSA) is 87.1 Å². The van der Waals surface area contributed by atoms with E-state index in [2.05, 4.69) is 15.6 Å². The largest absolute Gasteiger partial charge is 0.459 e. The molecule has 1 aromatic carbocycles. The minimum absolute atomic E-state index is 0.0740. The van der Waals surface area contributed by atoms with Crippen LogP contribution >= 0.6 is 0 Å². The van der Waals surface area contributed by atoms with E-state index in [0.717, 1.165) is 22.2 Å². The monoisotopic (exact) mass is 325 g/mol. The number of hydrogen-bond donors (Lipinski definition) is 3. The Bertz CT molecular complexity index is 850. The van der Waals surface area contributed by atoms with E-state index in [1.165, 1.54) is 6.26 Å². The molecule has 0 spiro atoms. The summed E-state index contributed by atoms with van der Waals surface area (Å²) in [5.74, 6) is -0.104. The SMILES string of the molecule is Cc1[nH]c2ccccc2c1CC(=O)NCCNC(=O)c1ccco1. The molecular formula is C18H19N3O3. The summed E-state index contributed by atoms with van der Waals surface area (Å²) in [6.45, 7) is 2.68. The predicted molar refractivity (Wildman–Crippen MR) is 90.8 cm³/mol. The molecule has 124 valence electrons. The number of rotatable bonds is 6. The summed E-state index contributed by atoms with van der Waals surface area (Å²) < 4.78 is 4.99. The van der Waals surface area contributed by atoms with Crippen molar-refractivity contribution in [2.45, 2.75) is 13.3 Å². The Morgan fingerprint density at radius 3 is 2.67 bits per heavy atom. The average Bonchev–Trinajstić information content (AvgIpc) is 3.20. The molecule has 2 amide bonds. The molecule has 0 unspecified atom stereocenters. The van der Waals surface area contributed by atoms with Crippen LogP contribution < -0.4 is 10.6 Å². The van der Waals surface area contributed by atoms with Gasteiger partial charge in [-0.05, 0) is 30.7 Å². The first-order valence-corrected chi connectivity index (χ1v) is 7.79. The zero-order valence-electron chi connectivity index (χ0n) is 13.4. The number of carbonyl (C=O) groups excluding carboxylic acids is 2. The number of benzene rings is 1. The lowest BCUT2D eigenvalue weighted by atomic mass is 10.1. The summed E-state index contributed by atoms with van der Waals surface area (Å²) >= 11 is 0. The number of aromatic nitrogens is 1. The van der Waals surface area contributed by atoms with Gasteiger partial charge in [0, 0.05) is 29.7 Å². The smallest absolute Gasteiger partial charge is 0.287 e. The highest BCUT2D eigenvalue weighted by molar-refractivity contribution is 5.91. The van der Waals surface area contributed by atoms with Crippen molar-refractivity contribution in [3.8, 4) is 0 Å². The van der Waals surface area contributed by atoms with Crippen LogP contribution in [-0.2, 0) is 11.2 Å². The van der Waals surface area contributed by atoms with E-state index in [0.29, 0.717) is 19.5 Å². The Labute approximate surface area is 139 Å². The van der Waals surface area contributed by atoms with Gasteiger partial charge in [-0.1, -0.05) is 18.2 Å². The number of carbonyl (C=O) groups is 2. The van der Waals surface area contributed by atoms with Crippen molar-refractivity contribution in [3.63, 3.8) is 0 Å². The van der Waals surface area contributed by atoms with Gasteiger partial charge in [0.15, 0.2) is 5.76 Å². The molecule has 3 rings (SSSR count). The van der Waals surface area contributed by atoms with E-state index in [4.69, 9.17) is 4.42 Å². The first-order chi connectivity index (χ1) is 11.6. The number of amides is 2. The van der Waals surface area contributed by atoms with Gasteiger partial charge in [0.05, 0.1) is 12.7 Å². The van der Waals surface area contributed by atoms with Gasteiger partial charge in [-0.25, -0.2) is 0 Å². The van der Waals surface area contributed by atoms with Crippen LogP contribution in [0.2, 0.25) is 0 Å². The lowest BCUT2D eigenvalue weighted by molar-refractivity contribution is -0.120. The van der Waals surface area contributed by atoms with E-state index >= 15 is 0 Å². The van der Waals surface area contributed by atoms with Crippen LogP contribution in [0.1, 0.15) is 21.8 Å². The zero-order valence-corrected chi connectivity index (χ0v) is 13.4. The second-order valence-electron chi connectivity index (χ2n) is 5.53. The molecule has 3 aromatic rings. The molecule has 6 heteroatoms. The molecule has 0 aliphatic rings. The minimum Gasteiger partial charge on any atom is -0.459 e. The van der Waals surface area contributed by atoms with Gasteiger partial charge < -0.3 is 20.0 Å². The van der Waals surface area contributed by atoms with E-state index in [1.54, 1.807) is 12.1 Å². The number of aryl methyl sites for hydroxylation is 1. The van der Waals surface area contributed by atoms with Crippen LogP contribution in [0.5, 0.6) is 0 Å². The summed E-state index contributed by atoms with van der Waals surface area (Å²) in [6, 6.07) is 11.2. The second-order valence-corrected chi connectivity index (χ2v) is 5.53. The van der Waals surface area contributed by atoms with Crippen LogP contribution in [0.3, 0.4) is 0 Å². The van der Waals surface area contributed by atoms with Gasteiger partial charge in [0.2, 0.25) is 5.91 Å². The van der Waals surface area contributed by atoms with Crippen molar-refractivity contribution in [2.75, 3.05) is 13.1 Å². The third-order valence-corrected chi connectivity index (χ3v) is 3.84. The Balaban J connectivity index is 1.49. The highest BCUT2D eigenvalue weighted by atomic mass is 16.3. The summed E-state index contributed by atoms with van der Waals surface area (Å²) in [5, 5.41) is 6.57. The van der Waals surface area contributed by atoms with Crippen molar-refractivity contribution >= 4 is 22.7 Å². The second kappa shape index (κ2) is 7.04. The summed E-state index contributed by atoms with van der Waals surface area (Å²) in [4.78, 5) is 27.1. The van der Waals surface area contributed by atoms with E-state index in [-0.39, 0.29) is 17.6 Å². The number of furan rings is 1. The van der Waals surface area contributed by atoms with Gasteiger partial charge in [-0.2, -0.15) is 0 Å². The van der Waals surface area contributed by atoms with E-state index in [9.17, 15) is 9.59 Å². The Kier molecular flexibility index (Phi) is 4.65.